The Morgan fingerprint density at radius 1 is 1.42 bits per heavy atom. The van der Waals surface area contributed by atoms with E-state index in [1.54, 1.807) is 12.1 Å². The van der Waals surface area contributed by atoms with Crippen LogP contribution in [0.5, 0.6) is 0 Å². The smallest absolute Gasteiger partial charge is 0.226 e. The van der Waals surface area contributed by atoms with E-state index in [4.69, 9.17) is 5.26 Å². The number of nitriles is 1. The summed E-state index contributed by atoms with van der Waals surface area (Å²) in [4.78, 5) is 14.2. The number of carbonyl (C=O) groups is 1. The fourth-order valence-electron chi connectivity index (χ4n) is 2.69. The van der Waals surface area contributed by atoms with Crippen LogP contribution in [0.3, 0.4) is 0 Å². The van der Waals surface area contributed by atoms with Crippen molar-refractivity contribution in [2.45, 2.75) is 32.6 Å². The topological polar surface area (TPSA) is 44.1 Å². The largest absolute Gasteiger partial charge is 0.342 e. The lowest BCUT2D eigenvalue weighted by atomic mass is 10.0. The first kappa shape index (κ1) is 13.6. The van der Waals surface area contributed by atoms with Crippen molar-refractivity contribution >= 4 is 5.91 Å². The van der Waals surface area contributed by atoms with Crippen molar-refractivity contribution in [3.05, 3.63) is 35.4 Å². The van der Waals surface area contributed by atoms with E-state index < -0.39 is 0 Å². The second-order valence-electron chi connectivity index (χ2n) is 5.27. The fraction of sp³-hybridized carbons (Fsp3) is 0.500. The number of hydrogen-bond acceptors (Lipinski definition) is 2. The SMILES string of the molecule is CCCC1CCN(C(=O)Cc2ccc(C#N)cc2)C1. The van der Waals surface area contributed by atoms with Crippen LogP contribution in [0.25, 0.3) is 0 Å². The predicted octanol–water partition coefficient (Wildman–Crippen LogP) is 2.75. The number of nitrogens with zero attached hydrogens (tertiary/aromatic N) is 2. The van der Waals surface area contributed by atoms with Crippen molar-refractivity contribution in [1.29, 1.82) is 5.26 Å². The molecule has 0 bridgehead atoms. The lowest BCUT2D eigenvalue weighted by Gasteiger charge is -2.16. The van der Waals surface area contributed by atoms with E-state index >= 15 is 0 Å². The van der Waals surface area contributed by atoms with E-state index in [2.05, 4.69) is 13.0 Å². The minimum atomic E-state index is 0.211. The molecule has 0 radical (unpaired) electrons. The molecule has 3 nitrogen and oxygen atoms in total. The zero-order valence-corrected chi connectivity index (χ0v) is 11.4. The highest BCUT2D eigenvalue weighted by Gasteiger charge is 2.25. The summed E-state index contributed by atoms with van der Waals surface area (Å²) in [7, 11) is 0. The minimum absolute atomic E-state index is 0.211. The van der Waals surface area contributed by atoms with Crippen LogP contribution in [-0.4, -0.2) is 23.9 Å². The molecule has 1 aliphatic heterocycles. The Morgan fingerprint density at radius 3 is 2.79 bits per heavy atom. The van der Waals surface area contributed by atoms with Gasteiger partial charge in [0.2, 0.25) is 5.91 Å². The molecule has 1 aromatic carbocycles. The molecule has 0 N–H and O–H groups in total. The second-order valence-corrected chi connectivity index (χ2v) is 5.27. The van der Waals surface area contributed by atoms with E-state index in [0.29, 0.717) is 17.9 Å². The lowest BCUT2D eigenvalue weighted by Crippen LogP contribution is -2.30. The van der Waals surface area contributed by atoms with Gasteiger partial charge in [-0.1, -0.05) is 25.5 Å². The van der Waals surface area contributed by atoms with Crippen LogP contribution in [0, 0.1) is 17.2 Å². The number of carbonyl (C=O) groups excluding carboxylic acids is 1. The van der Waals surface area contributed by atoms with Crippen LogP contribution in [0.4, 0.5) is 0 Å². The summed E-state index contributed by atoms with van der Waals surface area (Å²) in [5, 5.41) is 8.74. The number of rotatable bonds is 4. The molecule has 0 aliphatic carbocycles. The first-order valence-corrected chi connectivity index (χ1v) is 6.99. The second kappa shape index (κ2) is 6.38. The molecule has 0 spiro atoms. The molecule has 1 amide bonds. The van der Waals surface area contributed by atoms with Gasteiger partial charge in [-0.05, 0) is 36.5 Å². The van der Waals surface area contributed by atoms with Gasteiger partial charge in [0.25, 0.3) is 0 Å². The van der Waals surface area contributed by atoms with E-state index in [1.165, 1.54) is 12.8 Å². The first-order chi connectivity index (χ1) is 9.22. The lowest BCUT2D eigenvalue weighted by molar-refractivity contribution is -0.129. The molecule has 2 rings (SSSR count). The Morgan fingerprint density at radius 2 is 2.16 bits per heavy atom. The zero-order chi connectivity index (χ0) is 13.7. The number of hydrogen-bond donors (Lipinski definition) is 0. The van der Waals surface area contributed by atoms with Gasteiger partial charge in [-0.25, -0.2) is 0 Å². The summed E-state index contributed by atoms with van der Waals surface area (Å²) >= 11 is 0. The van der Waals surface area contributed by atoms with Crippen LogP contribution < -0.4 is 0 Å². The van der Waals surface area contributed by atoms with Crippen LogP contribution in [0.1, 0.15) is 37.3 Å². The summed E-state index contributed by atoms with van der Waals surface area (Å²) in [5.74, 6) is 0.901. The standard InChI is InChI=1S/C16H20N2O/c1-2-3-15-8-9-18(12-15)16(19)10-13-4-6-14(11-17)7-5-13/h4-7,15H,2-3,8-10,12H2,1H3. The normalized spacial score (nSPS) is 18.3. The third-order valence-electron chi connectivity index (χ3n) is 3.77. The number of amides is 1. The summed E-state index contributed by atoms with van der Waals surface area (Å²) in [6, 6.07) is 9.37. The Labute approximate surface area is 114 Å². The molecule has 1 heterocycles. The molecular formula is C16H20N2O. The molecule has 100 valence electrons. The summed E-state index contributed by atoms with van der Waals surface area (Å²) in [6.45, 7) is 4.02. The van der Waals surface area contributed by atoms with Crippen molar-refractivity contribution in [3.8, 4) is 6.07 Å². The fourth-order valence-corrected chi connectivity index (χ4v) is 2.69. The third-order valence-corrected chi connectivity index (χ3v) is 3.77. The van der Waals surface area contributed by atoms with Gasteiger partial charge in [0.05, 0.1) is 18.1 Å². The summed E-state index contributed by atoms with van der Waals surface area (Å²) < 4.78 is 0. The third kappa shape index (κ3) is 3.57. The Bertz CT molecular complexity index is 473. The van der Waals surface area contributed by atoms with Gasteiger partial charge >= 0.3 is 0 Å². The number of benzene rings is 1. The highest BCUT2D eigenvalue weighted by Crippen LogP contribution is 2.21. The highest BCUT2D eigenvalue weighted by atomic mass is 16.2. The predicted molar refractivity (Wildman–Crippen MR) is 74.5 cm³/mol. The minimum Gasteiger partial charge on any atom is -0.342 e. The Hall–Kier alpha value is -1.82. The Kier molecular flexibility index (Phi) is 4.57. The van der Waals surface area contributed by atoms with Crippen LogP contribution in [-0.2, 0) is 11.2 Å². The zero-order valence-electron chi connectivity index (χ0n) is 11.4. The maximum absolute atomic E-state index is 12.2. The van der Waals surface area contributed by atoms with Crippen molar-refractivity contribution in [2.75, 3.05) is 13.1 Å². The summed E-state index contributed by atoms with van der Waals surface area (Å²) in [6.07, 6.45) is 4.01. The van der Waals surface area contributed by atoms with E-state index in [-0.39, 0.29) is 5.91 Å². The Balaban J connectivity index is 1.89. The van der Waals surface area contributed by atoms with E-state index in [0.717, 1.165) is 25.1 Å². The molecule has 1 saturated heterocycles. The van der Waals surface area contributed by atoms with Gasteiger partial charge in [-0.3, -0.25) is 4.79 Å². The highest BCUT2D eigenvalue weighted by molar-refractivity contribution is 5.79. The molecule has 1 atom stereocenters. The van der Waals surface area contributed by atoms with Crippen molar-refractivity contribution < 1.29 is 4.79 Å². The number of likely N-dealkylation sites (tertiary alicyclic amines) is 1. The maximum Gasteiger partial charge on any atom is 0.226 e. The maximum atomic E-state index is 12.2. The van der Waals surface area contributed by atoms with Gasteiger partial charge in [0, 0.05) is 13.1 Å². The van der Waals surface area contributed by atoms with E-state index in [9.17, 15) is 4.79 Å². The van der Waals surface area contributed by atoms with Gasteiger partial charge in [0.15, 0.2) is 0 Å². The first-order valence-electron chi connectivity index (χ1n) is 6.99. The van der Waals surface area contributed by atoms with Gasteiger partial charge < -0.3 is 4.90 Å². The van der Waals surface area contributed by atoms with Crippen LogP contribution in [0.15, 0.2) is 24.3 Å². The molecule has 1 aliphatic rings. The van der Waals surface area contributed by atoms with Crippen molar-refractivity contribution in [1.82, 2.24) is 4.90 Å². The molecule has 1 aromatic rings. The van der Waals surface area contributed by atoms with Gasteiger partial charge in [0.1, 0.15) is 0 Å². The van der Waals surface area contributed by atoms with Crippen LogP contribution >= 0.6 is 0 Å². The molecule has 3 heteroatoms. The average Bonchev–Trinajstić information content (AvgIpc) is 2.89. The van der Waals surface area contributed by atoms with Gasteiger partial charge in [-0.2, -0.15) is 5.26 Å². The quantitative estimate of drug-likeness (QED) is 0.831. The van der Waals surface area contributed by atoms with Crippen molar-refractivity contribution in [2.24, 2.45) is 5.92 Å². The molecule has 0 aromatic heterocycles. The van der Waals surface area contributed by atoms with Crippen LogP contribution in [0.2, 0.25) is 0 Å². The van der Waals surface area contributed by atoms with Gasteiger partial charge in [-0.15, -0.1) is 0 Å². The monoisotopic (exact) mass is 256 g/mol. The molecule has 1 fully saturated rings. The molecular weight excluding hydrogens is 236 g/mol. The molecule has 1 unspecified atom stereocenters. The molecule has 19 heavy (non-hydrogen) atoms. The van der Waals surface area contributed by atoms with E-state index in [1.807, 2.05) is 17.0 Å². The van der Waals surface area contributed by atoms with Crippen molar-refractivity contribution in [3.63, 3.8) is 0 Å². The molecule has 0 saturated carbocycles. The average molecular weight is 256 g/mol. The summed E-state index contributed by atoms with van der Waals surface area (Å²) in [5.41, 5.74) is 1.63.